The van der Waals surface area contributed by atoms with Crippen LogP contribution >= 0.6 is 15.9 Å². The van der Waals surface area contributed by atoms with E-state index in [9.17, 15) is 9.90 Å². The first kappa shape index (κ1) is 21.0. The average molecular weight is 433 g/mol. The summed E-state index contributed by atoms with van der Waals surface area (Å²) in [4.78, 5) is 11.8. The molecule has 0 fully saturated rings. The Morgan fingerprint density at radius 3 is 2.70 bits per heavy atom. The van der Waals surface area contributed by atoms with Crippen LogP contribution in [0.4, 0.5) is 0 Å². The molecule has 2 N–H and O–H groups in total. The highest BCUT2D eigenvalue weighted by Crippen LogP contribution is 2.31. The summed E-state index contributed by atoms with van der Waals surface area (Å²) in [5.74, 6) is 0.742. The third kappa shape index (κ3) is 7.06. The maximum atomic E-state index is 11.8. The molecule has 0 aliphatic heterocycles. The molecule has 6 heteroatoms. The third-order valence-corrected chi connectivity index (χ3v) is 4.50. The van der Waals surface area contributed by atoms with Gasteiger partial charge < -0.3 is 9.84 Å². The largest absolute Gasteiger partial charge is 0.508 e. The molecule has 0 spiro atoms. The molecule has 0 saturated heterocycles. The number of benzene rings is 2. The predicted molar refractivity (Wildman–Crippen MR) is 111 cm³/mol. The fourth-order valence-corrected chi connectivity index (χ4v) is 2.83. The lowest BCUT2D eigenvalue weighted by molar-refractivity contribution is -0.121. The highest BCUT2D eigenvalue weighted by atomic mass is 79.9. The van der Waals surface area contributed by atoms with E-state index >= 15 is 0 Å². The minimum absolute atomic E-state index is 0.0815. The third-order valence-electron chi connectivity index (χ3n) is 3.88. The molecule has 5 nitrogen and oxygen atoms in total. The lowest BCUT2D eigenvalue weighted by atomic mass is 9.87. The topological polar surface area (TPSA) is 70.9 Å². The van der Waals surface area contributed by atoms with Crippen LogP contribution in [0.2, 0.25) is 0 Å². The van der Waals surface area contributed by atoms with Crippen LogP contribution in [0, 0.1) is 0 Å². The number of hydrogen-bond acceptors (Lipinski definition) is 4. The first-order valence-electron chi connectivity index (χ1n) is 8.79. The maximum Gasteiger partial charge on any atom is 0.240 e. The second kappa shape index (κ2) is 9.55. The molecule has 2 rings (SSSR count). The van der Waals surface area contributed by atoms with Gasteiger partial charge in [0.25, 0.3) is 0 Å². The summed E-state index contributed by atoms with van der Waals surface area (Å²) in [6, 6.07) is 12.7. The van der Waals surface area contributed by atoms with Crippen molar-refractivity contribution in [2.24, 2.45) is 5.10 Å². The molecule has 0 unspecified atom stereocenters. The second-order valence-corrected chi connectivity index (χ2v) is 8.09. The SMILES string of the molecule is CC(C)(C)c1ccc(OCCCC(=O)N/N=C/c2cccc(O)c2)c(Br)c1. The Kier molecular flexibility index (Phi) is 7.42. The van der Waals surface area contributed by atoms with Gasteiger partial charge in [0.1, 0.15) is 11.5 Å². The number of nitrogens with zero attached hydrogens (tertiary/aromatic N) is 1. The van der Waals surface area contributed by atoms with Crippen molar-refractivity contribution in [3.05, 3.63) is 58.1 Å². The Balaban J connectivity index is 1.72. The number of aromatic hydroxyl groups is 1. The summed E-state index contributed by atoms with van der Waals surface area (Å²) >= 11 is 3.54. The van der Waals surface area contributed by atoms with Gasteiger partial charge >= 0.3 is 0 Å². The number of carbonyl (C=O) groups excluding carboxylic acids is 1. The van der Waals surface area contributed by atoms with Crippen molar-refractivity contribution in [1.29, 1.82) is 0 Å². The zero-order valence-electron chi connectivity index (χ0n) is 15.8. The van der Waals surface area contributed by atoms with E-state index in [-0.39, 0.29) is 17.1 Å². The smallest absolute Gasteiger partial charge is 0.240 e. The highest BCUT2D eigenvalue weighted by molar-refractivity contribution is 9.10. The van der Waals surface area contributed by atoms with Crippen molar-refractivity contribution in [2.75, 3.05) is 6.61 Å². The van der Waals surface area contributed by atoms with E-state index in [0.29, 0.717) is 25.0 Å². The molecule has 0 bridgehead atoms. The Hall–Kier alpha value is -2.34. The van der Waals surface area contributed by atoms with Crippen molar-refractivity contribution in [3.63, 3.8) is 0 Å². The van der Waals surface area contributed by atoms with Crippen LogP contribution in [0.15, 0.2) is 52.0 Å². The standard InChI is InChI=1S/C21H25BrN2O3/c1-21(2,3)16-9-10-19(18(22)13-16)27-11-5-8-20(26)24-23-14-15-6-4-7-17(25)12-15/h4,6-7,9-10,12-14,25H,5,8,11H2,1-3H3,(H,24,26)/b23-14+. The molecule has 0 aliphatic carbocycles. The van der Waals surface area contributed by atoms with Crippen LogP contribution < -0.4 is 10.2 Å². The van der Waals surface area contributed by atoms with Gasteiger partial charge in [-0.05, 0) is 63.2 Å². The minimum atomic E-state index is -0.183. The van der Waals surface area contributed by atoms with Crippen molar-refractivity contribution in [2.45, 2.75) is 39.0 Å². The van der Waals surface area contributed by atoms with E-state index in [1.165, 1.54) is 11.8 Å². The molecule has 144 valence electrons. The molecule has 0 radical (unpaired) electrons. The molecular weight excluding hydrogens is 408 g/mol. The number of nitrogens with one attached hydrogen (secondary N) is 1. The minimum Gasteiger partial charge on any atom is -0.508 e. The van der Waals surface area contributed by atoms with Gasteiger partial charge in [0.2, 0.25) is 5.91 Å². The number of amides is 1. The number of carbonyl (C=O) groups is 1. The van der Waals surface area contributed by atoms with E-state index in [0.717, 1.165) is 10.2 Å². The molecule has 27 heavy (non-hydrogen) atoms. The Morgan fingerprint density at radius 2 is 2.04 bits per heavy atom. The zero-order chi connectivity index (χ0) is 19.9. The highest BCUT2D eigenvalue weighted by Gasteiger charge is 2.15. The van der Waals surface area contributed by atoms with Crippen LogP contribution in [-0.2, 0) is 10.2 Å². The maximum absolute atomic E-state index is 11.8. The van der Waals surface area contributed by atoms with Gasteiger partial charge in [-0.25, -0.2) is 5.43 Å². The predicted octanol–water partition coefficient (Wildman–Crippen LogP) is 4.76. The Bertz CT molecular complexity index is 813. The first-order chi connectivity index (χ1) is 12.8. The molecule has 0 aliphatic rings. The second-order valence-electron chi connectivity index (χ2n) is 7.24. The van der Waals surface area contributed by atoms with Gasteiger partial charge in [-0.2, -0.15) is 5.10 Å². The molecule has 0 atom stereocenters. The van der Waals surface area contributed by atoms with Gasteiger partial charge in [0, 0.05) is 6.42 Å². The number of rotatable bonds is 7. The van der Waals surface area contributed by atoms with Crippen molar-refractivity contribution >= 4 is 28.1 Å². The van der Waals surface area contributed by atoms with Gasteiger partial charge in [-0.1, -0.05) is 39.0 Å². The van der Waals surface area contributed by atoms with E-state index < -0.39 is 0 Å². The lowest BCUT2D eigenvalue weighted by Crippen LogP contribution is -2.18. The van der Waals surface area contributed by atoms with E-state index in [2.05, 4.69) is 59.4 Å². The van der Waals surface area contributed by atoms with E-state index in [4.69, 9.17) is 4.74 Å². The van der Waals surface area contributed by atoms with Crippen molar-refractivity contribution < 1.29 is 14.6 Å². The van der Waals surface area contributed by atoms with Gasteiger partial charge in [0.15, 0.2) is 0 Å². The number of phenolic OH excluding ortho intramolecular Hbond substituents is 1. The molecule has 0 saturated carbocycles. The monoisotopic (exact) mass is 432 g/mol. The zero-order valence-corrected chi connectivity index (χ0v) is 17.4. The number of phenols is 1. The lowest BCUT2D eigenvalue weighted by Gasteiger charge is -2.20. The summed E-state index contributed by atoms with van der Waals surface area (Å²) in [6.07, 6.45) is 2.39. The van der Waals surface area contributed by atoms with E-state index in [1.807, 2.05) is 6.07 Å². The van der Waals surface area contributed by atoms with Crippen LogP contribution in [-0.4, -0.2) is 23.8 Å². The Labute approximate surface area is 168 Å². The summed E-state index contributed by atoms with van der Waals surface area (Å²) in [5.41, 5.74) is 4.49. The average Bonchev–Trinajstić information content (AvgIpc) is 2.59. The summed E-state index contributed by atoms with van der Waals surface area (Å²) in [7, 11) is 0. The number of halogens is 1. The summed E-state index contributed by atoms with van der Waals surface area (Å²) in [5, 5.41) is 13.2. The van der Waals surface area contributed by atoms with Gasteiger partial charge in [-0.3, -0.25) is 4.79 Å². The Morgan fingerprint density at radius 1 is 1.26 bits per heavy atom. The molecule has 0 aromatic heterocycles. The molecular formula is C21H25BrN2O3. The number of hydrazone groups is 1. The number of hydrogen-bond donors (Lipinski definition) is 2. The first-order valence-corrected chi connectivity index (χ1v) is 9.59. The quantitative estimate of drug-likeness (QED) is 0.376. The number of ether oxygens (including phenoxy) is 1. The van der Waals surface area contributed by atoms with E-state index in [1.54, 1.807) is 24.3 Å². The van der Waals surface area contributed by atoms with Crippen LogP contribution in [0.1, 0.15) is 44.7 Å². The van der Waals surface area contributed by atoms with Crippen LogP contribution in [0.25, 0.3) is 0 Å². The van der Waals surface area contributed by atoms with Crippen LogP contribution in [0.5, 0.6) is 11.5 Å². The fourth-order valence-electron chi connectivity index (χ4n) is 2.34. The van der Waals surface area contributed by atoms with Crippen LogP contribution in [0.3, 0.4) is 0 Å². The summed E-state index contributed by atoms with van der Waals surface area (Å²) < 4.78 is 6.66. The summed E-state index contributed by atoms with van der Waals surface area (Å²) in [6.45, 7) is 6.93. The molecule has 0 heterocycles. The van der Waals surface area contributed by atoms with Gasteiger partial charge in [-0.15, -0.1) is 0 Å². The normalized spacial score (nSPS) is 11.6. The molecule has 1 amide bonds. The van der Waals surface area contributed by atoms with Crippen molar-refractivity contribution in [3.8, 4) is 11.5 Å². The van der Waals surface area contributed by atoms with Gasteiger partial charge in [0.05, 0.1) is 17.3 Å². The molecule has 2 aromatic carbocycles. The fraction of sp³-hybridized carbons (Fsp3) is 0.333. The molecule has 2 aromatic rings. The van der Waals surface area contributed by atoms with Crippen molar-refractivity contribution in [1.82, 2.24) is 5.43 Å².